The molecule has 17 heavy (non-hydrogen) atoms. The van der Waals surface area contributed by atoms with Crippen molar-refractivity contribution in [3.8, 4) is 0 Å². The van der Waals surface area contributed by atoms with E-state index < -0.39 is 5.60 Å². The van der Waals surface area contributed by atoms with Crippen molar-refractivity contribution < 1.29 is 14.3 Å². The average Bonchev–Trinajstić information content (AvgIpc) is 2.23. The molecule has 1 saturated heterocycles. The van der Waals surface area contributed by atoms with Crippen LogP contribution in [0.1, 0.15) is 33.6 Å². The minimum absolute atomic E-state index is 0.330. The Morgan fingerprint density at radius 2 is 2.00 bits per heavy atom. The van der Waals surface area contributed by atoms with Gasteiger partial charge in [-0.3, -0.25) is 0 Å². The van der Waals surface area contributed by atoms with Crippen molar-refractivity contribution in [2.75, 3.05) is 26.2 Å². The second-order valence-corrected chi connectivity index (χ2v) is 5.25. The molecule has 1 rings (SSSR count). The molecule has 0 aromatic rings. The molecule has 0 bridgehead atoms. The van der Waals surface area contributed by atoms with E-state index in [4.69, 9.17) is 9.47 Å². The highest BCUT2D eigenvalue weighted by molar-refractivity contribution is 5.67. The summed E-state index contributed by atoms with van der Waals surface area (Å²) >= 11 is 0. The number of ether oxygens (including phenoxy) is 2. The second kappa shape index (κ2) is 6.81. The molecule has 100 valence electrons. The maximum Gasteiger partial charge on any atom is 0.407 e. The molecular formula is C12H24N2O3. The van der Waals surface area contributed by atoms with Gasteiger partial charge in [-0.25, -0.2) is 4.79 Å². The SMILES string of the molecule is CC(C)(C)OC(=O)NCCOC1CCNCC1. The van der Waals surface area contributed by atoms with Crippen LogP contribution in [0.25, 0.3) is 0 Å². The number of alkyl carbamates (subject to hydrolysis) is 1. The van der Waals surface area contributed by atoms with Gasteiger partial charge < -0.3 is 20.1 Å². The van der Waals surface area contributed by atoms with Gasteiger partial charge in [0.1, 0.15) is 5.60 Å². The minimum Gasteiger partial charge on any atom is -0.444 e. The van der Waals surface area contributed by atoms with Crippen LogP contribution in [0.5, 0.6) is 0 Å². The van der Waals surface area contributed by atoms with Gasteiger partial charge in [0.25, 0.3) is 0 Å². The summed E-state index contributed by atoms with van der Waals surface area (Å²) in [6.45, 7) is 8.62. The highest BCUT2D eigenvalue weighted by Gasteiger charge is 2.16. The smallest absolute Gasteiger partial charge is 0.407 e. The third kappa shape index (κ3) is 7.18. The lowest BCUT2D eigenvalue weighted by atomic mass is 10.1. The average molecular weight is 244 g/mol. The van der Waals surface area contributed by atoms with Crippen molar-refractivity contribution in [1.82, 2.24) is 10.6 Å². The number of nitrogens with one attached hydrogen (secondary N) is 2. The molecule has 1 aliphatic heterocycles. The molecule has 0 saturated carbocycles. The Labute approximate surface area is 103 Å². The highest BCUT2D eigenvalue weighted by Crippen LogP contribution is 2.07. The molecule has 1 amide bonds. The van der Waals surface area contributed by atoms with E-state index in [0.29, 0.717) is 19.3 Å². The zero-order valence-electron chi connectivity index (χ0n) is 11.0. The van der Waals surface area contributed by atoms with Crippen LogP contribution < -0.4 is 10.6 Å². The number of hydrogen-bond acceptors (Lipinski definition) is 4. The molecule has 2 N–H and O–H groups in total. The van der Waals surface area contributed by atoms with Crippen molar-refractivity contribution in [1.29, 1.82) is 0 Å². The first-order chi connectivity index (χ1) is 7.97. The molecule has 5 nitrogen and oxygen atoms in total. The summed E-state index contributed by atoms with van der Waals surface area (Å²) < 4.78 is 10.8. The van der Waals surface area contributed by atoms with Gasteiger partial charge in [0.15, 0.2) is 0 Å². The molecule has 1 aliphatic rings. The van der Waals surface area contributed by atoms with E-state index in [1.54, 1.807) is 0 Å². The van der Waals surface area contributed by atoms with E-state index in [1.165, 1.54) is 0 Å². The number of piperidine rings is 1. The fourth-order valence-corrected chi connectivity index (χ4v) is 1.65. The summed E-state index contributed by atoms with van der Waals surface area (Å²) in [5, 5.41) is 5.96. The largest absolute Gasteiger partial charge is 0.444 e. The fraction of sp³-hybridized carbons (Fsp3) is 0.917. The van der Waals surface area contributed by atoms with E-state index in [0.717, 1.165) is 25.9 Å². The fourth-order valence-electron chi connectivity index (χ4n) is 1.65. The van der Waals surface area contributed by atoms with Gasteiger partial charge in [0.2, 0.25) is 0 Å². The maximum atomic E-state index is 11.3. The monoisotopic (exact) mass is 244 g/mol. The number of carbonyl (C=O) groups is 1. The van der Waals surface area contributed by atoms with Crippen molar-refractivity contribution in [2.45, 2.75) is 45.3 Å². The molecule has 0 radical (unpaired) electrons. The van der Waals surface area contributed by atoms with Crippen LogP contribution in [0, 0.1) is 0 Å². The molecular weight excluding hydrogens is 220 g/mol. The van der Waals surface area contributed by atoms with Crippen molar-refractivity contribution >= 4 is 6.09 Å². The Bertz CT molecular complexity index is 232. The highest BCUT2D eigenvalue weighted by atomic mass is 16.6. The lowest BCUT2D eigenvalue weighted by molar-refractivity contribution is 0.0277. The van der Waals surface area contributed by atoms with E-state index >= 15 is 0 Å². The summed E-state index contributed by atoms with van der Waals surface area (Å²) in [5.74, 6) is 0. The van der Waals surface area contributed by atoms with Crippen molar-refractivity contribution in [3.63, 3.8) is 0 Å². The lowest BCUT2D eigenvalue weighted by Crippen LogP contribution is -2.36. The minimum atomic E-state index is -0.444. The molecule has 1 fully saturated rings. The number of hydrogen-bond donors (Lipinski definition) is 2. The number of carbonyl (C=O) groups excluding carboxylic acids is 1. The van der Waals surface area contributed by atoms with Gasteiger partial charge in [-0.05, 0) is 46.7 Å². The molecule has 0 aromatic heterocycles. The molecule has 0 spiro atoms. The van der Waals surface area contributed by atoms with Crippen LogP contribution in [0.3, 0.4) is 0 Å². The molecule has 5 heteroatoms. The van der Waals surface area contributed by atoms with E-state index in [1.807, 2.05) is 20.8 Å². The summed E-state index contributed by atoms with van der Waals surface area (Å²) in [4.78, 5) is 11.3. The van der Waals surface area contributed by atoms with Crippen LogP contribution in [0.15, 0.2) is 0 Å². The van der Waals surface area contributed by atoms with E-state index in [9.17, 15) is 4.79 Å². The summed E-state index contributed by atoms with van der Waals surface area (Å²) in [6.07, 6.45) is 2.04. The number of rotatable bonds is 4. The Kier molecular flexibility index (Phi) is 5.71. The predicted octanol–water partition coefficient (Wildman–Crippen LogP) is 1.28. The zero-order chi connectivity index (χ0) is 12.7. The van der Waals surface area contributed by atoms with Crippen LogP contribution in [-0.2, 0) is 9.47 Å². The topological polar surface area (TPSA) is 59.6 Å². The molecule has 1 heterocycles. The van der Waals surface area contributed by atoms with Crippen LogP contribution in [0.2, 0.25) is 0 Å². The van der Waals surface area contributed by atoms with Gasteiger partial charge in [-0.15, -0.1) is 0 Å². The molecule has 0 aromatic carbocycles. The van der Waals surface area contributed by atoms with Gasteiger partial charge in [0, 0.05) is 6.54 Å². The second-order valence-electron chi connectivity index (χ2n) is 5.25. The first kappa shape index (κ1) is 14.3. The van der Waals surface area contributed by atoms with Crippen molar-refractivity contribution in [3.05, 3.63) is 0 Å². The molecule has 0 unspecified atom stereocenters. The van der Waals surface area contributed by atoms with Crippen LogP contribution in [-0.4, -0.2) is 44.0 Å². The van der Waals surface area contributed by atoms with E-state index in [-0.39, 0.29) is 6.09 Å². The van der Waals surface area contributed by atoms with Gasteiger partial charge in [-0.1, -0.05) is 0 Å². The number of amides is 1. The maximum absolute atomic E-state index is 11.3. The van der Waals surface area contributed by atoms with E-state index in [2.05, 4.69) is 10.6 Å². The first-order valence-electron chi connectivity index (χ1n) is 6.26. The molecule has 0 aliphatic carbocycles. The van der Waals surface area contributed by atoms with Crippen LogP contribution in [0.4, 0.5) is 4.79 Å². The zero-order valence-corrected chi connectivity index (χ0v) is 11.0. The van der Waals surface area contributed by atoms with Crippen molar-refractivity contribution in [2.24, 2.45) is 0 Å². The summed E-state index contributed by atoms with van der Waals surface area (Å²) in [6, 6.07) is 0. The third-order valence-corrected chi connectivity index (χ3v) is 2.41. The normalized spacial score (nSPS) is 17.8. The van der Waals surface area contributed by atoms with Gasteiger partial charge in [-0.2, -0.15) is 0 Å². The standard InChI is InChI=1S/C12H24N2O3/c1-12(2,3)17-11(15)14-8-9-16-10-4-6-13-7-5-10/h10,13H,4-9H2,1-3H3,(H,14,15). The summed E-state index contributed by atoms with van der Waals surface area (Å²) in [7, 11) is 0. The Hall–Kier alpha value is -0.810. The molecule has 0 atom stereocenters. The first-order valence-corrected chi connectivity index (χ1v) is 6.26. The van der Waals surface area contributed by atoms with Crippen LogP contribution >= 0.6 is 0 Å². The Morgan fingerprint density at radius 3 is 2.59 bits per heavy atom. The van der Waals surface area contributed by atoms with Gasteiger partial charge >= 0.3 is 6.09 Å². The summed E-state index contributed by atoms with van der Waals surface area (Å²) in [5.41, 5.74) is -0.444. The lowest BCUT2D eigenvalue weighted by Gasteiger charge is -2.23. The third-order valence-electron chi connectivity index (χ3n) is 2.41. The Balaban J connectivity index is 2.01. The van der Waals surface area contributed by atoms with Gasteiger partial charge in [0.05, 0.1) is 12.7 Å². The predicted molar refractivity (Wildman–Crippen MR) is 66.1 cm³/mol. The Morgan fingerprint density at radius 1 is 1.35 bits per heavy atom. The quantitative estimate of drug-likeness (QED) is 0.731.